The van der Waals surface area contributed by atoms with Crippen LogP contribution in [0.4, 0.5) is 0 Å². The average Bonchev–Trinajstić information content (AvgIpc) is 3.08. The monoisotopic (exact) mass is 391 g/mol. The number of nitrogens with one attached hydrogen (secondary N) is 1. The molecule has 0 atom stereocenters. The molecule has 0 spiro atoms. The molecule has 1 fully saturated rings. The first-order valence-corrected chi connectivity index (χ1v) is 9.96. The molecule has 1 aromatic heterocycles. The Balaban J connectivity index is 1.50. The van der Waals surface area contributed by atoms with Crippen molar-refractivity contribution in [3.05, 3.63) is 28.4 Å². The van der Waals surface area contributed by atoms with E-state index >= 15 is 0 Å². The second kappa shape index (κ2) is 7.70. The average molecular weight is 392 g/mol. The van der Waals surface area contributed by atoms with Gasteiger partial charge in [-0.05, 0) is 37.7 Å². The van der Waals surface area contributed by atoms with Crippen LogP contribution in [0.5, 0.6) is 11.5 Å². The molecule has 0 amide bonds. The zero-order chi connectivity index (χ0) is 19.0. The Morgan fingerprint density at radius 2 is 2.00 bits per heavy atom. The van der Waals surface area contributed by atoms with Gasteiger partial charge < -0.3 is 14.9 Å². The van der Waals surface area contributed by atoms with Gasteiger partial charge in [-0.2, -0.15) is 5.10 Å². The largest absolute Gasteiger partial charge is 0.507 e. The van der Waals surface area contributed by atoms with Crippen molar-refractivity contribution in [2.45, 2.75) is 44.8 Å². The fraction of sp³-hybridized carbons (Fsp3) is 0.550. The van der Waals surface area contributed by atoms with Crippen molar-refractivity contribution in [2.75, 3.05) is 20.2 Å². The third-order valence-electron chi connectivity index (χ3n) is 5.98. The van der Waals surface area contributed by atoms with E-state index in [2.05, 4.69) is 15.1 Å². The molecule has 1 aromatic carbocycles. The maximum absolute atomic E-state index is 10.3. The molecule has 2 heterocycles. The van der Waals surface area contributed by atoms with Crippen LogP contribution in [0, 0.1) is 5.92 Å². The maximum Gasteiger partial charge on any atom is 0.137 e. The van der Waals surface area contributed by atoms with E-state index in [1.807, 2.05) is 7.11 Å². The minimum absolute atomic E-state index is 0.00152. The lowest BCUT2D eigenvalue weighted by molar-refractivity contribution is 0.0486. The van der Waals surface area contributed by atoms with Gasteiger partial charge >= 0.3 is 0 Å². The number of halogens is 1. The van der Waals surface area contributed by atoms with Crippen LogP contribution in [0.2, 0.25) is 5.02 Å². The predicted octanol–water partition coefficient (Wildman–Crippen LogP) is 3.70. The first kappa shape index (κ1) is 18.6. The molecule has 0 radical (unpaired) electrons. The highest BCUT2D eigenvalue weighted by atomic mass is 35.5. The van der Waals surface area contributed by atoms with Gasteiger partial charge in [0.1, 0.15) is 11.5 Å². The summed E-state index contributed by atoms with van der Waals surface area (Å²) in [7, 11) is 1.81. The number of rotatable bonds is 4. The van der Waals surface area contributed by atoms with Gasteiger partial charge in [-0.15, -0.1) is 0 Å². The molecule has 3 N–H and O–H groups in total. The molecule has 0 bridgehead atoms. The molecule has 1 aliphatic carbocycles. The maximum atomic E-state index is 10.3. The SMILES string of the molecule is CO[C@H]1CC[C@@H](CN2CCc3n[nH]c(-c4cc(Cl)c(O)cc4O)c3C2)CC1. The minimum atomic E-state index is -0.125. The van der Waals surface area contributed by atoms with Gasteiger partial charge in [0.15, 0.2) is 0 Å². The second-order valence-electron chi connectivity index (χ2n) is 7.71. The molecular formula is C20H26ClN3O3. The van der Waals surface area contributed by atoms with Crippen LogP contribution in [-0.2, 0) is 17.7 Å². The Labute approximate surface area is 164 Å². The number of benzene rings is 1. The normalized spacial score (nSPS) is 23.3. The number of hydrogen-bond donors (Lipinski definition) is 3. The van der Waals surface area contributed by atoms with Crippen molar-refractivity contribution in [3.63, 3.8) is 0 Å². The second-order valence-corrected chi connectivity index (χ2v) is 8.12. The van der Waals surface area contributed by atoms with E-state index in [-0.39, 0.29) is 16.5 Å². The van der Waals surface area contributed by atoms with Crippen molar-refractivity contribution in [1.29, 1.82) is 0 Å². The Morgan fingerprint density at radius 3 is 2.74 bits per heavy atom. The van der Waals surface area contributed by atoms with Gasteiger partial charge in [0.2, 0.25) is 0 Å². The lowest BCUT2D eigenvalue weighted by Crippen LogP contribution is -2.36. The van der Waals surface area contributed by atoms with Crippen molar-refractivity contribution in [2.24, 2.45) is 5.92 Å². The number of phenols is 2. The van der Waals surface area contributed by atoms with Gasteiger partial charge in [-0.25, -0.2) is 0 Å². The molecule has 0 unspecified atom stereocenters. The number of aromatic amines is 1. The summed E-state index contributed by atoms with van der Waals surface area (Å²) >= 11 is 6.05. The molecule has 27 heavy (non-hydrogen) atoms. The number of nitrogens with zero attached hydrogens (tertiary/aromatic N) is 2. The van der Waals surface area contributed by atoms with Crippen molar-refractivity contribution >= 4 is 11.6 Å². The van der Waals surface area contributed by atoms with Crippen LogP contribution >= 0.6 is 11.6 Å². The Bertz CT molecular complexity index is 815. The Morgan fingerprint density at radius 1 is 1.22 bits per heavy atom. The fourth-order valence-electron chi connectivity index (χ4n) is 4.39. The van der Waals surface area contributed by atoms with E-state index < -0.39 is 0 Å². The van der Waals surface area contributed by atoms with Crippen LogP contribution in [0.15, 0.2) is 12.1 Å². The summed E-state index contributed by atoms with van der Waals surface area (Å²) in [4.78, 5) is 2.48. The molecule has 1 aliphatic heterocycles. The zero-order valence-corrected chi connectivity index (χ0v) is 16.3. The third-order valence-corrected chi connectivity index (χ3v) is 6.28. The summed E-state index contributed by atoms with van der Waals surface area (Å²) in [5, 5.41) is 27.7. The number of fused-ring (bicyclic) bond motifs is 1. The topological polar surface area (TPSA) is 81.6 Å². The predicted molar refractivity (Wildman–Crippen MR) is 104 cm³/mol. The fourth-order valence-corrected chi connectivity index (χ4v) is 4.56. The smallest absolute Gasteiger partial charge is 0.137 e. The summed E-state index contributed by atoms with van der Waals surface area (Å²) < 4.78 is 5.48. The number of ether oxygens (including phenoxy) is 1. The minimum Gasteiger partial charge on any atom is -0.507 e. The first-order valence-electron chi connectivity index (χ1n) is 9.58. The van der Waals surface area contributed by atoms with Crippen LogP contribution in [0.3, 0.4) is 0 Å². The highest BCUT2D eigenvalue weighted by Crippen LogP contribution is 2.39. The number of phenolic OH excluding ortho intramolecular Hbond substituents is 2. The molecule has 146 valence electrons. The van der Waals surface area contributed by atoms with Gasteiger partial charge in [0.05, 0.1) is 22.5 Å². The standard InChI is InChI=1S/C20H26ClN3O3/c1-27-13-4-2-12(3-5-13)10-24-7-6-17-15(11-24)20(23-22-17)14-8-16(21)19(26)9-18(14)25/h8-9,12-13,25-26H,2-7,10-11H2,1H3,(H,22,23)/t12-,13+. The highest BCUT2D eigenvalue weighted by Gasteiger charge is 2.28. The summed E-state index contributed by atoms with van der Waals surface area (Å²) in [6.07, 6.45) is 6.06. The Hall–Kier alpha value is -1.76. The molecular weight excluding hydrogens is 366 g/mol. The number of aromatic hydroxyl groups is 2. The summed E-state index contributed by atoms with van der Waals surface area (Å²) in [5.41, 5.74) is 3.53. The van der Waals surface area contributed by atoms with Crippen LogP contribution in [-0.4, -0.2) is 51.6 Å². The van der Waals surface area contributed by atoms with Gasteiger partial charge in [-0.1, -0.05) is 11.6 Å². The molecule has 4 rings (SSSR count). The third kappa shape index (κ3) is 3.79. The van der Waals surface area contributed by atoms with Crippen LogP contribution in [0.1, 0.15) is 36.9 Å². The lowest BCUT2D eigenvalue weighted by Gasteiger charge is -2.34. The van der Waals surface area contributed by atoms with Crippen LogP contribution in [0.25, 0.3) is 11.3 Å². The van der Waals surface area contributed by atoms with E-state index in [1.165, 1.54) is 18.9 Å². The molecule has 0 saturated heterocycles. The Kier molecular flexibility index (Phi) is 5.30. The molecule has 6 nitrogen and oxygen atoms in total. The van der Waals surface area contributed by atoms with Crippen molar-refractivity contribution in [1.82, 2.24) is 15.1 Å². The van der Waals surface area contributed by atoms with Gasteiger partial charge in [-0.3, -0.25) is 10.00 Å². The highest BCUT2D eigenvalue weighted by molar-refractivity contribution is 6.32. The van der Waals surface area contributed by atoms with E-state index in [9.17, 15) is 10.2 Å². The van der Waals surface area contributed by atoms with E-state index in [0.29, 0.717) is 17.6 Å². The van der Waals surface area contributed by atoms with E-state index in [0.717, 1.165) is 55.8 Å². The zero-order valence-electron chi connectivity index (χ0n) is 15.5. The number of hydrogen-bond acceptors (Lipinski definition) is 5. The quantitative estimate of drug-likeness (QED) is 0.740. The molecule has 1 saturated carbocycles. The number of methoxy groups -OCH3 is 1. The van der Waals surface area contributed by atoms with Crippen molar-refractivity contribution < 1.29 is 14.9 Å². The van der Waals surface area contributed by atoms with Crippen LogP contribution < -0.4 is 0 Å². The van der Waals surface area contributed by atoms with E-state index in [4.69, 9.17) is 16.3 Å². The molecule has 7 heteroatoms. The number of aromatic nitrogens is 2. The first-order chi connectivity index (χ1) is 13.0. The summed E-state index contributed by atoms with van der Waals surface area (Å²) in [5.74, 6) is 0.586. The van der Waals surface area contributed by atoms with Crippen molar-refractivity contribution in [3.8, 4) is 22.8 Å². The van der Waals surface area contributed by atoms with Gasteiger partial charge in [0.25, 0.3) is 0 Å². The number of H-pyrrole nitrogens is 1. The molecule has 2 aromatic rings. The summed E-state index contributed by atoms with van der Waals surface area (Å²) in [6, 6.07) is 2.87. The van der Waals surface area contributed by atoms with Gasteiger partial charge in [0, 0.05) is 50.4 Å². The molecule has 2 aliphatic rings. The summed E-state index contributed by atoms with van der Waals surface area (Å²) in [6.45, 7) is 2.90. The van der Waals surface area contributed by atoms with E-state index in [1.54, 1.807) is 6.07 Å². The lowest BCUT2D eigenvalue weighted by atomic mass is 9.86.